The van der Waals surface area contributed by atoms with Crippen LogP contribution < -0.4 is 10.1 Å². The number of halogens is 1. The van der Waals surface area contributed by atoms with E-state index in [4.69, 9.17) is 16.3 Å². The molecule has 0 bridgehead atoms. The number of hydrogen-bond donors (Lipinski definition) is 1. The topological polar surface area (TPSA) is 21.3 Å². The molecule has 0 aliphatic carbocycles. The fourth-order valence-corrected chi connectivity index (χ4v) is 2.40. The molecule has 0 aliphatic heterocycles. The number of thiophene rings is 1. The Hall–Kier alpha value is -1.03. The lowest BCUT2D eigenvalue weighted by Crippen LogP contribution is -2.28. The Morgan fingerprint density at radius 1 is 1.28 bits per heavy atom. The van der Waals surface area contributed by atoms with Crippen LogP contribution in [0, 0.1) is 0 Å². The van der Waals surface area contributed by atoms with Crippen molar-refractivity contribution >= 4 is 22.9 Å². The Kier molecular flexibility index (Phi) is 5.05. The summed E-state index contributed by atoms with van der Waals surface area (Å²) in [7, 11) is 0. The van der Waals surface area contributed by atoms with Crippen molar-refractivity contribution in [2.45, 2.75) is 19.6 Å². The molecule has 2 rings (SSSR count). The summed E-state index contributed by atoms with van der Waals surface area (Å²) in [6.07, 6.45) is 0.131. The van der Waals surface area contributed by atoms with E-state index in [0.29, 0.717) is 0 Å². The van der Waals surface area contributed by atoms with Crippen LogP contribution in [0.15, 0.2) is 41.8 Å². The molecule has 0 spiro atoms. The van der Waals surface area contributed by atoms with Crippen LogP contribution in [0.4, 0.5) is 0 Å². The Balaban J connectivity index is 1.71. The monoisotopic (exact) mass is 281 g/mol. The summed E-state index contributed by atoms with van der Waals surface area (Å²) in [5, 5.41) is 6.19. The molecule has 0 aliphatic rings. The number of benzene rings is 1. The minimum Gasteiger partial charge on any atom is -0.489 e. The first kappa shape index (κ1) is 13.4. The second kappa shape index (κ2) is 6.78. The molecule has 2 nitrogen and oxygen atoms in total. The van der Waals surface area contributed by atoms with Crippen LogP contribution in [0.2, 0.25) is 5.02 Å². The van der Waals surface area contributed by atoms with E-state index in [2.05, 4.69) is 29.8 Å². The maximum Gasteiger partial charge on any atom is 0.119 e. The quantitative estimate of drug-likeness (QED) is 0.865. The Morgan fingerprint density at radius 3 is 2.72 bits per heavy atom. The van der Waals surface area contributed by atoms with Gasteiger partial charge in [0.25, 0.3) is 0 Å². The van der Waals surface area contributed by atoms with Crippen molar-refractivity contribution in [1.82, 2.24) is 5.32 Å². The normalized spacial score (nSPS) is 12.3. The van der Waals surface area contributed by atoms with Crippen LogP contribution in [0.1, 0.15) is 11.8 Å². The molecule has 1 N–H and O–H groups in total. The zero-order valence-corrected chi connectivity index (χ0v) is 11.8. The highest BCUT2D eigenvalue weighted by Crippen LogP contribution is 2.16. The smallest absolute Gasteiger partial charge is 0.119 e. The van der Waals surface area contributed by atoms with Gasteiger partial charge in [0.2, 0.25) is 0 Å². The van der Waals surface area contributed by atoms with Crippen molar-refractivity contribution in [3.63, 3.8) is 0 Å². The van der Waals surface area contributed by atoms with Gasteiger partial charge in [0.1, 0.15) is 11.9 Å². The highest BCUT2D eigenvalue weighted by Gasteiger charge is 2.03. The molecule has 0 fully saturated rings. The van der Waals surface area contributed by atoms with E-state index in [0.717, 1.165) is 23.9 Å². The lowest BCUT2D eigenvalue weighted by atomic mass is 10.3. The van der Waals surface area contributed by atoms with Gasteiger partial charge in [-0.25, -0.2) is 0 Å². The van der Waals surface area contributed by atoms with Crippen molar-refractivity contribution in [1.29, 1.82) is 0 Å². The number of hydrogen-bond acceptors (Lipinski definition) is 3. The summed E-state index contributed by atoms with van der Waals surface area (Å²) in [4.78, 5) is 1.34. The van der Waals surface area contributed by atoms with Gasteiger partial charge in [-0.05, 0) is 42.6 Å². The van der Waals surface area contributed by atoms with Crippen LogP contribution in [-0.2, 0) is 6.54 Å². The number of ether oxygens (including phenoxy) is 1. The second-order valence-electron chi connectivity index (χ2n) is 4.09. The van der Waals surface area contributed by atoms with E-state index in [1.807, 2.05) is 24.3 Å². The first-order valence-electron chi connectivity index (χ1n) is 5.89. The van der Waals surface area contributed by atoms with Crippen molar-refractivity contribution in [2.24, 2.45) is 0 Å². The van der Waals surface area contributed by atoms with Crippen LogP contribution in [-0.4, -0.2) is 12.6 Å². The number of nitrogens with one attached hydrogen (secondary N) is 1. The fourth-order valence-electron chi connectivity index (χ4n) is 1.60. The molecule has 96 valence electrons. The highest BCUT2D eigenvalue weighted by atomic mass is 35.5. The van der Waals surface area contributed by atoms with E-state index >= 15 is 0 Å². The third-order valence-corrected chi connectivity index (χ3v) is 3.59. The van der Waals surface area contributed by atoms with Gasteiger partial charge in [-0.3, -0.25) is 0 Å². The van der Waals surface area contributed by atoms with Crippen LogP contribution in [0.25, 0.3) is 0 Å². The van der Waals surface area contributed by atoms with E-state index in [9.17, 15) is 0 Å². The van der Waals surface area contributed by atoms with Gasteiger partial charge < -0.3 is 10.1 Å². The molecule has 4 heteroatoms. The van der Waals surface area contributed by atoms with Crippen molar-refractivity contribution in [3.05, 3.63) is 51.7 Å². The SMILES string of the molecule is C[C@H](CNCc1cccs1)Oc1ccc(Cl)cc1. The van der Waals surface area contributed by atoms with Crippen LogP contribution in [0.5, 0.6) is 5.75 Å². The Labute approximate surface area is 117 Å². The first-order chi connectivity index (χ1) is 8.74. The van der Waals surface area contributed by atoms with Crippen LogP contribution >= 0.6 is 22.9 Å². The van der Waals surface area contributed by atoms with Gasteiger partial charge in [0.15, 0.2) is 0 Å². The molecule has 1 aromatic heterocycles. The average Bonchev–Trinajstić information content (AvgIpc) is 2.85. The molecule has 0 saturated heterocycles. The summed E-state index contributed by atoms with van der Waals surface area (Å²) in [6, 6.07) is 11.6. The summed E-state index contributed by atoms with van der Waals surface area (Å²) >= 11 is 7.58. The Bertz CT molecular complexity index is 455. The van der Waals surface area contributed by atoms with Gasteiger partial charge in [-0.1, -0.05) is 17.7 Å². The van der Waals surface area contributed by atoms with Crippen molar-refractivity contribution < 1.29 is 4.74 Å². The predicted molar refractivity (Wildman–Crippen MR) is 77.6 cm³/mol. The third kappa shape index (κ3) is 4.33. The maximum absolute atomic E-state index is 5.82. The summed E-state index contributed by atoms with van der Waals surface area (Å²) < 4.78 is 5.77. The van der Waals surface area contributed by atoms with Crippen LogP contribution in [0.3, 0.4) is 0 Å². The first-order valence-corrected chi connectivity index (χ1v) is 7.15. The molecule has 0 saturated carbocycles. The second-order valence-corrected chi connectivity index (χ2v) is 5.56. The average molecular weight is 282 g/mol. The molecule has 1 aromatic carbocycles. The predicted octanol–water partition coefficient (Wildman–Crippen LogP) is 3.96. The standard InChI is InChI=1S/C14H16ClNOS/c1-11(9-16-10-14-3-2-8-18-14)17-13-6-4-12(15)5-7-13/h2-8,11,16H,9-10H2,1H3/t11-/m1/s1. The van der Waals surface area contributed by atoms with E-state index in [1.54, 1.807) is 11.3 Å². The van der Waals surface area contributed by atoms with Crippen molar-refractivity contribution in [3.8, 4) is 5.75 Å². The molecule has 18 heavy (non-hydrogen) atoms. The van der Waals surface area contributed by atoms with Crippen molar-refractivity contribution in [2.75, 3.05) is 6.54 Å². The number of rotatable bonds is 6. The summed E-state index contributed by atoms with van der Waals surface area (Å²) in [6.45, 7) is 3.77. The molecular weight excluding hydrogens is 266 g/mol. The molecular formula is C14H16ClNOS. The van der Waals surface area contributed by atoms with Gasteiger partial charge in [-0.2, -0.15) is 0 Å². The third-order valence-electron chi connectivity index (χ3n) is 2.46. The molecule has 1 atom stereocenters. The minimum atomic E-state index is 0.131. The molecule has 2 aromatic rings. The summed E-state index contributed by atoms with van der Waals surface area (Å²) in [5.74, 6) is 0.852. The molecule has 0 amide bonds. The lowest BCUT2D eigenvalue weighted by molar-refractivity contribution is 0.217. The molecule has 1 heterocycles. The molecule has 0 unspecified atom stereocenters. The Morgan fingerprint density at radius 2 is 2.06 bits per heavy atom. The van der Waals surface area contributed by atoms with E-state index < -0.39 is 0 Å². The summed E-state index contributed by atoms with van der Waals surface area (Å²) in [5.41, 5.74) is 0. The van der Waals surface area contributed by atoms with E-state index in [1.165, 1.54) is 4.88 Å². The molecule has 0 radical (unpaired) electrons. The lowest BCUT2D eigenvalue weighted by Gasteiger charge is -2.15. The van der Waals surface area contributed by atoms with Gasteiger partial charge in [0.05, 0.1) is 0 Å². The van der Waals surface area contributed by atoms with E-state index in [-0.39, 0.29) is 6.10 Å². The maximum atomic E-state index is 5.82. The van der Waals surface area contributed by atoms with Gasteiger partial charge in [0, 0.05) is 23.0 Å². The largest absolute Gasteiger partial charge is 0.489 e. The van der Waals surface area contributed by atoms with Gasteiger partial charge in [-0.15, -0.1) is 11.3 Å². The highest BCUT2D eigenvalue weighted by molar-refractivity contribution is 7.09. The van der Waals surface area contributed by atoms with Gasteiger partial charge >= 0.3 is 0 Å². The zero-order chi connectivity index (χ0) is 12.8. The zero-order valence-electron chi connectivity index (χ0n) is 10.2. The minimum absolute atomic E-state index is 0.131. The fraction of sp³-hybridized carbons (Fsp3) is 0.286.